The molecule has 0 bridgehead atoms. The van der Waals surface area contributed by atoms with E-state index in [1.807, 2.05) is 38.5 Å². The summed E-state index contributed by atoms with van der Waals surface area (Å²) in [6, 6.07) is 0. The minimum Gasteiger partial charge on any atom is -0.501 e. The summed E-state index contributed by atoms with van der Waals surface area (Å²) in [5, 5.41) is 0. The van der Waals surface area contributed by atoms with Gasteiger partial charge in [0.25, 0.3) is 0 Å². The molecule has 2 nitrogen and oxygen atoms in total. The van der Waals surface area contributed by atoms with E-state index in [4.69, 9.17) is 9.47 Å². The minimum absolute atomic E-state index is 0.121. The summed E-state index contributed by atoms with van der Waals surface area (Å²) in [7, 11) is 0. The third-order valence-corrected chi connectivity index (χ3v) is 5.29. The Morgan fingerprint density at radius 2 is 1.59 bits per heavy atom. The fourth-order valence-electron chi connectivity index (χ4n) is 4.19. The molecule has 0 spiro atoms. The predicted octanol–water partition coefficient (Wildman–Crippen LogP) is 5.62. The Morgan fingerprint density at radius 1 is 0.955 bits per heavy atom. The summed E-state index contributed by atoms with van der Waals surface area (Å²) >= 11 is 0. The maximum absolute atomic E-state index is 5.86. The highest BCUT2D eigenvalue weighted by Crippen LogP contribution is 2.47. The first-order chi connectivity index (χ1) is 10.8. The van der Waals surface area contributed by atoms with Gasteiger partial charge in [-0.25, -0.2) is 0 Å². The van der Waals surface area contributed by atoms with Crippen LogP contribution in [0.3, 0.4) is 0 Å². The minimum atomic E-state index is 0.121. The molecule has 0 N–H and O–H groups in total. The van der Waals surface area contributed by atoms with Crippen LogP contribution in [0.2, 0.25) is 0 Å². The van der Waals surface area contributed by atoms with Gasteiger partial charge in [-0.15, -0.1) is 0 Å². The number of hydrogen-bond acceptors (Lipinski definition) is 2. The molecule has 1 fully saturated rings. The van der Waals surface area contributed by atoms with Gasteiger partial charge in [0.2, 0.25) is 0 Å². The topological polar surface area (TPSA) is 18.5 Å². The molecule has 124 valence electrons. The predicted molar refractivity (Wildman–Crippen MR) is 92.4 cm³/mol. The molecule has 0 aromatic heterocycles. The SMILES string of the molecule is CC=COCC1(COC=CC)CC=CCC1C1CCCCC1. The van der Waals surface area contributed by atoms with Gasteiger partial charge in [0.15, 0.2) is 0 Å². The molecule has 1 unspecified atom stereocenters. The molecular formula is C20H32O2. The first kappa shape index (κ1) is 17.2. The molecule has 2 aliphatic carbocycles. The van der Waals surface area contributed by atoms with Gasteiger partial charge in [-0.2, -0.15) is 0 Å². The molecule has 0 saturated heterocycles. The van der Waals surface area contributed by atoms with Gasteiger partial charge < -0.3 is 9.47 Å². The molecule has 0 aromatic carbocycles. The highest BCUT2D eigenvalue weighted by molar-refractivity contribution is 5.05. The van der Waals surface area contributed by atoms with Crippen molar-refractivity contribution < 1.29 is 9.47 Å². The maximum Gasteiger partial charge on any atom is 0.0967 e. The largest absolute Gasteiger partial charge is 0.501 e. The first-order valence-corrected chi connectivity index (χ1v) is 8.93. The Bertz CT molecular complexity index is 373. The summed E-state index contributed by atoms with van der Waals surface area (Å²) in [4.78, 5) is 0. The Labute approximate surface area is 136 Å². The lowest BCUT2D eigenvalue weighted by atomic mass is 9.61. The molecule has 1 saturated carbocycles. The van der Waals surface area contributed by atoms with Gasteiger partial charge in [0, 0.05) is 5.41 Å². The lowest BCUT2D eigenvalue weighted by Gasteiger charge is -2.46. The standard InChI is InChI=1S/C20H32O2/c1-3-14-21-16-20(17-22-15-4-2)13-9-8-12-19(20)18-10-6-5-7-11-18/h3-4,8-9,14-15,18-19H,5-7,10-13,16-17H2,1-2H3. The third-order valence-electron chi connectivity index (χ3n) is 5.29. The second-order valence-electron chi connectivity index (χ2n) is 6.84. The van der Waals surface area contributed by atoms with Crippen molar-refractivity contribution >= 4 is 0 Å². The monoisotopic (exact) mass is 304 g/mol. The Kier molecular flexibility index (Phi) is 7.08. The van der Waals surface area contributed by atoms with E-state index in [1.165, 1.54) is 38.5 Å². The zero-order chi connectivity index (χ0) is 15.7. The van der Waals surface area contributed by atoms with Crippen molar-refractivity contribution in [2.75, 3.05) is 13.2 Å². The van der Waals surface area contributed by atoms with Crippen LogP contribution in [-0.4, -0.2) is 13.2 Å². The van der Waals surface area contributed by atoms with Gasteiger partial charge in [-0.3, -0.25) is 0 Å². The fourth-order valence-corrected chi connectivity index (χ4v) is 4.19. The molecule has 0 aliphatic heterocycles. The van der Waals surface area contributed by atoms with Crippen LogP contribution < -0.4 is 0 Å². The molecule has 0 radical (unpaired) electrons. The average Bonchev–Trinajstić information content (AvgIpc) is 2.57. The Balaban J connectivity index is 2.14. The van der Waals surface area contributed by atoms with Crippen LogP contribution in [0.1, 0.15) is 58.8 Å². The third kappa shape index (κ3) is 4.41. The number of rotatable bonds is 7. The second kappa shape index (κ2) is 9.07. The zero-order valence-electron chi connectivity index (χ0n) is 14.3. The van der Waals surface area contributed by atoms with Gasteiger partial charge in [0.05, 0.1) is 25.7 Å². The van der Waals surface area contributed by atoms with Crippen molar-refractivity contribution in [3.63, 3.8) is 0 Å². The Hall–Kier alpha value is -1.18. The molecule has 1 atom stereocenters. The van der Waals surface area contributed by atoms with Gasteiger partial charge in [-0.1, -0.05) is 56.4 Å². The van der Waals surface area contributed by atoms with Crippen LogP contribution in [0, 0.1) is 17.3 Å². The van der Waals surface area contributed by atoms with Crippen molar-refractivity contribution in [3.05, 3.63) is 36.8 Å². The van der Waals surface area contributed by atoms with Crippen molar-refractivity contribution in [3.8, 4) is 0 Å². The molecule has 0 aromatic rings. The van der Waals surface area contributed by atoms with Crippen LogP contribution in [0.15, 0.2) is 36.8 Å². The van der Waals surface area contributed by atoms with Crippen molar-refractivity contribution in [2.24, 2.45) is 17.3 Å². The summed E-state index contributed by atoms with van der Waals surface area (Å²) in [6.07, 6.45) is 21.5. The van der Waals surface area contributed by atoms with Crippen molar-refractivity contribution in [2.45, 2.75) is 58.8 Å². The van der Waals surface area contributed by atoms with E-state index < -0.39 is 0 Å². The second-order valence-corrected chi connectivity index (χ2v) is 6.84. The number of ether oxygens (including phenoxy) is 2. The van der Waals surface area contributed by atoms with Crippen LogP contribution >= 0.6 is 0 Å². The zero-order valence-corrected chi connectivity index (χ0v) is 14.3. The molecule has 0 amide bonds. The molecule has 2 aliphatic rings. The van der Waals surface area contributed by atoms with E-state index in [0.29, 0.717) is 5.92 Å². The quantitative estimate of drug-likeness (QED) is 0.449. The number of allylic oxidation sites excluding steroid dienone is 4. The van der Waals surface area contributed by atoms with Crippen LogP contribution in [-0.2, 0) is 9.47 Å². The van der Waals surface area contributed by atoms with Crippen LogP contribution in [0.25, 0.3) is 0 Å². The highest BCUT2D eigenvalue weighted by atomic mass is 16.5. The molecule has 2 heteroatoms. The van der Waals surface area contributed by atoms with E-state index in [2.05, 4.69) is 12.2 Å². The summed E-state index contributed by atoms with van der Waals surface area (Å²) in [5.41, 5.74) is 0.121. The van der Waals surface area contributed by atoms with Crippen molar-refractivity contribution in [1.29, 1.82) is 0 Å². The number of hydrogen-bond donors (Lipinski definition) is 0. The van der Waals surface area contributed by atoms with Crippen LogP contribution in [0.5, 0.6) is 0 Å². The maximum atomic E-state index is 5.86. The van der Waals surface area contributed by atoms with E-state index in [-0.39, 0.29) is 5.41 Å². The Morgan fingerprint density at radius 3 is 2.18 bits per heavy atom. The van der Waals surface area contributed by atoms with E-state index in [9.17, 15) is 0 Å². The lowest BCUT2D eigenvalue weighted by Crippen LogP contribution is -2.44. The molecule has 0 heterocycles. The average molecular weight is 304 g/mol. The van der Waals surface area contributed by atoms with Crippen molar-refractivity contribution in [1.82, 2.24) is 0 Å². The molecular weight excluding hydrogens is 272 g/mol. The lowest BCUT2D eigenvalue weighted by molar-refractivity contribution is -0.0370. The summed E-state index contributed by atoms with van der Waals surface area (Å²) in [6.45, 7) is 5.53. The first-order valence-electron chi connectivity index (χ1n) is 8.93. The van der Waals surface area contributed by atoms with Crippen LogP contribution in [0.4, 0.5) is 0 Å². The molecule has 2 rings (SSSR count). The van der Waals surface area contributed by atoms with Gasteiger partial charge in [-0.05, 0) is 38.5 Å². The van der Waals surface area contributed by atoms with Gasteiger partial charge >= 0.3 is 0 Å². The molecule has 22 heavy (non-hydrogen) atoms. The summed E-state index contributed by atoms with van der Waals surface area (Å²) < 4.78 is 11.7. The van der Waals surface area contributed by atoms with E-state index >= 15 is 0 Å². The normalized spacial score (nSPS) is 30.2. The fraction of sp³-hybridized carbons (Fsp3) is 0.700. The smallest absolute Gasteiger partial charge is 0.0967 e. The highest BCUT2D eigenvalue weighted by Gasteiger charge is 2.44. The van der Waals surface area contributed by atoms with E-state index in [1.54, 1.807) is 0 Å². The summed E-state index contributed by atoms with van der Waals surface area (Å²) in [5.74, 6) is 1.52. The van der Waals surface area contributed by atoms with E-state index in [0.717, 1.165) is 25.6 Å². The van der Waals surface area contributed by atoms with Gasteiger partial charge in [0.1, 0.15) is 0 Å².